The quantitative estimate of drug-likeness (QED) is 0.882. The Morgan fingerprint density at radius 3 is 2.61 bits per heavy atom. The van der Waals surface area contributed by atoms with Crippen molar-refractivity contribution in [3.63, 3.8) is 0 Å². The molecule has 1 aliphatic heterocycles. The summed E-state index contributed by atoms with van der Waals surface area (Å²) in [6.07, 6.45) is -4.68. The zero-order valence-corrected chi connectivity index (χ0v) is 12.9. The molecule has 124 valence electrons. The molecule has 0 aliphatic carbocycles. The number of thioether (sulfide) groups is 1. The Kier molecular flexibility index (Phi) is 4.98. The first kappa shape index (κ1) is 17.3. The number of Topliss-reactive ketones (excluding diaryl/α,β-unsaturated/α-hetero) is 1. The van der Waals surface area contributed by atoms with Gasteiger partial charge in [0.1, 0.15) is 0 Å². The van der Waals surface area contributed by atoms with Gasteiger partial charge in [-0.15, -0.1) is 11.8 Å². The molecule has 1 aromatic rings. The number of alkyl halides is 3. The van der Waals surface area contributed by atoms with Crippen molar-refractivity contribution in [3.05, 3.63) is 23.3 Å². The number of amides is 2. The number of carbonyl (C=O) groups is 3. The SMILES string of the molecule is CC(=O)Nc1ccc(CNC(=O)C(F)(F)F)c2c1C(=O)CCS2. The molecule has 0 aromatic heterocycles. The van der Waals surface area contributed by atoms with E-state index >= 15 is 0 Å². The fourth-order valence-electron chi connectivity index (χ4n) is 2.15. The van der Waals surface area contributed by atoms with E-state index in [0.29, 0.717) is 21.9 Å². The number of benzene rings is 1. The van der Waals surface area contributed by atoms with E-state index in [0.717, 1.165) is 0 Å². The molecular formula is C14H13F3N2O3S. The minimum Gasteiger partial charge on any atom is -0.344 e. The van der Waals surface area contributed by atoms with Gasteiger partial charge in [-0.2, -0.15) is 13.2 Å². The van der Waals surface area contributed by atoms with Gasteiger partial charge in [0.2, 0.25) is 5.91 Å². The van der Waals surface area contributed by atoms with Crippen LogP contribution in [-0.2, 0) is 16.1 Å². The van der Waals surface area contributed by atoms with Gasteiger partial charge in [0.25, 0.3) is 0 Å². The minimum absolute atomic E-state index is 0.188. The first-order chi connectivity index (χ1) is 10.7. The maximum atomic E-state index is 12.2. The topological polar surface area (TPSA) is 75.3 Å². The summed E-state index contributed by atoms with van der Waals surface area (Å²) in [6.45, 7) is 0.950. The van der Waals surface area contributed by atoms with Gasteiger partial charge in [0.05, 0.1) is 11.3 Å². The van der Waals surface area contributed by atoms with Crippen LogP contribution in [-0.4, -0.2) is 29.5 Å². The molecule has 0 radical (unpaired) electrons. The Morgan fingerprint density at radius 2 is 2.00 bits per heavy atom. The van der Waals surface area contributed by atoms with Crippen LogP contribution in [0.15, 0.2) is 17.0 Å². The molecule has 0 saturated carbocycles. The number of fused-ring (bicyclic) bond motifs is 1. The second-order valence-corrected chi connectivity index (χ2v) is 5.96. The minimum atomic E-state index is -4.96. The molecule has 9 heteroatoms. The van der Waals surface area contributed by atoms with Crippen LogP contribution < -0.4 is 10.6 Å². The van der Waals surface area contributed by atoms with E-state index in [-0.39, 0.29) is 30.2 Å². The van der Waals surface area contributed by atoms with Gasteiger partial charge in [0, 0.05) is 30.5 Å². The van der Waals surface area contributed by atoms with Gasteiger partial charge in [-0.3, -0.25) is 14.4 Å². The first-order valence-corrected chi connectivity index (χ1v) is 7.63. The Morgan fingerprint density at radius 1 is 1.30 bits per heavy atom. The molecule has 0 saturated heterocycles. The Hall–Kier alpha value is -2.03. The van der Waals surface area contributed by atoms with Gasteiger partial charge < -0.3 is 10.6 Å². The number of hydrogen-bond acceptors (Lipinski definition) is 4. The van der Waals surface area contributed by atoms with Crippen molar-refractivity contribution in [3.8, 4) is 0 Å². The molecule has 0 spiro atoms. The molecule has 5 nitrogen and oxygen atoms in total. The lowest BCUT2D eigenvalue weighted by Crippen LogP contribution is -2.36. The second kappa shape index (κ2) is 6.61. The number of halogens is 3. The van der Waals surface area contributed by atoms with E-state index in [1.807, 2.05) is 0 Å². The molecule has 0 atom stereocenters. The standard InChI is InChI=1S/C14H13F3N2O3S/c1-7(20)19-9-3-2-8(6-18-13(22)14(15,16)17)12-11(9)10(21)4-5-23-12/h2-3H,4-6H2,1H3,(H,18,22)(H,19,20). The Labute approximate surface area is 134 Å². The molecule has 1 aromatic carbocycles. The molecule has 2 rings (SSSR count). The molecular weight excluding hydrogens is 333 g/mol. The van der Waals surface area contributed by atoms with Gasteiger partial charge in [-0.05, 0) is 11.6 Å². The van der Waals surface area contributed by atoms with Crippen molar-refractivity contribution in [1.29, 1.82) is 0 Å². The molecule has 23 heavy (non-hydrogen) atoms. The largest absolute Gasteiger partial charge is 0.471 e. The number of rotatable bonds is 3. The Balaban J connectivity index is 2.32. The summed E-state index contributed by atoms with van der Waals surface area (Å²) in [5.74, 6) is -2.08. The van der Waals surface area contributed by atoms with Crippen LogP contribution in [0.4, 0.5) is 18.9 Å². The van der Waals surface area contributed by atoms with Gasteiger partial charge >= 0.3 is 12.1 Å². The predicted molar refractivity (Wildman–Crippen MR) is 78.3 cm³/mol. The molecule has 2 N–H and O–H groups in total. The monoisotopic (exact) mass is 346 g/mol. The fourth-order valence-corrected chi connectivity index (χ4v) is 3.33. The first-order valence-electron chi connectivity index (χ1n) is 6.64. The number of ketones is 1. The number of hydrogen-bond donors (Lipinski definition) is 2. The number of nitrogens with one attached hydrogen (secondary N) is 2. The van der Waals surface area contributed by atoms with E-state index in [4.69, 9.17) is 0 Å². The third-order valence-corrected chi connectivity index (χ3v) is 4.26. The highest BCUT2D eigenvalue weighted by Crippen LogP contribution is 2.37. The van der Waals surface area contributed by atoms with Crippen molar-refractivity contribution in [2.45, 2.75) is 31.0 Å². The fraction of sp³-hybridized carbons (Fsp3) is 0.357. The average molecular weight is 346 g/mol. The van der Waals surface area contributed by atoms with Crippen molar-refractivity contribution < 1.29 is 27.6 Å². The van der Waals surface area contributed by atoms with E-state index in [1.54, 1.807) is 5.32 Å². The maximum Gasteiger partial charge on any atom is 0.471 e. The summed E-state index contributed by atoms with van der Waals surface area (Å²) in [6, 6.07) is 2.95. The van der Waals surface area contributed by atoms with E-state index in [9.17, 15) is 27.6 Å². The lowest BCUT2D eigenvalue weighted by molar-refractivity contribution is -0.173. The molecule has 0 bridgehead atoms. The van der Waals surface area contributed by atoms with E-state index in [2.05, 4.69) is 5.32 Å². The van der Waals surface area contributed by atoms with Crippen molar-refractivity contribution >= 4 is 35.0 Å². The summed E-state index contributed by atoms with van der Waals surface area (Å²) in [4.78, 5) is 34.7. The summed E-state index contributed by atoms with van der Waals surface area (Å²) in [5, 5.41) is 4.33. The van der Waals surface area contributed by atoms with Gasteiger partial charge in [0.15, 0.2) is 5.78 Å². The Bertz CT molecular complexity index is 674. The van der Waals surface area contributed by atoms with Crippen LogP contribution in [0.5, 0.6) is 0 Å². The lowest BCUT2D eigenvalue weighted by Gasteiger charge is -2.21. The molecule has 1 heterocycles. The zero-order valence-electron chi connectivity index (χ0n) is 12.0. The smallest absolute Gasteiger partial charge is 0.344 e. The summed E-state index contributed by atoms with van der Waals surface area (Å²) >= 11 is 1.31. The zero-order chi connectivity index (χ0) is 17.2. The van der Waals surface area contributed by atoms with E-state index < -0.39 is 12.1 Å². The summed E-state index contributed by atoms with van der Waals surface area (Å²) in [5.41, 5.74) is 1.02. The lowest BCUT2D eigenvalue weighted by atomic mass is 10.0. The molecule has 0 unspecified atom stereocenters. The summed E-state index contributed by atoms with van der Waals surface area (Å²) < 4.78 is 36.7. The van der Waals surface area contributed by atoms with Crippen LogP contribution >= 0.6 is 11.8 Å². The highest BCUT2D eigenvalue weighted by atomic mass is 32.2. The van der Waals surface area contributed by atoms with Crippen molar-refractivity contribution in [2.24, 2.45) is 0 Å². The molecule has 0 fully saturated rings. The third kappa shape index (κ3) is 4.04. The molecule has 2 amide bonds. The number of carbonyl (C=O) groups excluding carboxylic acids is 3. The van der Waals surface area contributed by atoms with Crippen LogP contribution in [0.2, 0.25) is 0 Å². The molecule has 1 aliphatic rings. The summed E-state index contributed by atoms with van der Waals surface area (Å²) in [7, 11) is 0. The van der Waals surface area contributed by atoms with Crippen LogP contribution in [0.25, 0.3) is 0 Å². The van der Waals surface area contributed by atoms with Gasteiger partial charge in [-0.1, -0.05) is 6.07 Å². The predicted octanol–water partition coefficient (Wildman–Crippen LogP) is 2.50. The highest BCUT2D eigenvalue weighted by Gasteiger charge is 2.38. The van der Waals surface area contributed by atoms with Crippen molar-refractivity contribution in [2.75, 3.05) is 11.1 Å². The maximum absolute atomic E-state index is 12.2. The van der Waals surface area contributed by atoms with Crippen LogP contribution in [0, 0.1) is 0 Å². The van der Waals surface area contributed by atoms with Gasteiger partial charge in [-0.25, -0.2) is 0 Å². The van der Waals surface area contributed by atoms with Crippen molar-refractivity contribution in [1.82, 2.24) is 5.32 Å². The van der Waals surface area contributed by atoms with E-state index in [1.165, 1.54) is 30.8 Å². The normalized spacial score (nSPS) is 14.2. The highest BCUT2D eigenvalue weighted by molar-refractivity contribution is 7.99. The third-order valence-electron chi connectivity index (χ3n) is 3.10. The second-order valence-electron chi connectivity index (χ2n) is 4.86. The van der Waals surface area contributed by atoms with Crippen LogP contribution in [0.3, 0.4) is 0 Å². The van der Waals surface area contributed by atoms with Crippen LogP contribution in [0.1, 0.15) is 29.3 Å². The average Bonchev–Trinajstić information content (AvgIpc) is 2.44. The number of anilines is 1.